The third kappa shape index (κ3) is 1.93. The molecule has 0 aliphatic rings. The molecule has 1 heterocycles. The van der Waals surface area contributed by atoms with Crippen molar-refractivity contribution in [3.63, 3.8) is 0 Å². The molecule has 0 bridgehead atoms. The second-order valence-electron chi connectivity index (χ2n) is 4.37. The van der Waals surface area contributed by atoms with Crippen LogP contribution in [-0.2, 0) is 0 Å². The minimum absolute atomic E-state index is 0.204. The van der Waals surface area contributed by atoms with E-state index in [0.29, 0.717) is 16.9 Å². The predicted molar refractivity (Wildman–Crippen MR) is 72.6 cm³/mol. The van der Waals surface area contributed by atoms with Gasteiger partial charge in [-0.1, -0.05) is 30.3 Å². The summed E-state index contributed by atoms with van der Waals surface area (Å²) in [7, 11) is 0. The van der Waals surface area contributed by atoms with E-state index in [9.17, 15) is 9.18 Å². The highest BCUT2D eigenvalue weighted by Gasteiger charge is 2.13. The number of hydrogen-bond acceptors (Lipinski definition) is 2. The van der Waals surface area contributed by atoms with Crippen LogP contribution in [0.1, 0.15) is 5.76 Å². The molecule has 0 radical (unpaired) electrons. The lowest BCUT2D eigenvalue weighted by Crippen LogP contribution is -2.07. The molecule has 0 saturated carbocycles. The fourth-order valence-corrected chi connectivity index (χ4v) is 2.22. The van der Waals surface area contributed by atoms with Gasteiger partial charge in [0, 0.05) is 0 Å². The van der Waals surface area contributed by atoms with Crippen molar-refractivity contribution in [2.24, 2.45) is 0 Å². The molecule has 0 atom stereocenters. The van der Waals surface area contributed by atoms with E-state index < -0.39 is 5.82 Å². The number of aryl methyl sites for hydroxylation is 1. The highest BCUT2D eigenvalue weighted by Crippen LogP contribution is 2.24. The second kappa shape index (κ2) is 4.35. The van der Waals surface area contributed by atoms with Gasteiger partial charge in [-0.05, 0) is 30.7 Å². The topological polar surface area (TPSA) is 30.2 Å². The van der Waals surface area contributed by atoms with Crippen molar-refractivity contribution in [2.75, 3.05) is 0 Å². The molecule has 0 spiro atoms. The molecule has 0 aliphatic heterocycles. The maximum Gasteiger partial charge on any atom is 0.200 e. The molecule has 2 nitrogen and oxygen atoms in total. The van der Waals surface area contributed by atoms with Crippen LogP contribution in [0.25, 0.3) is 22.1 Å². The lowest BCUT2D eigenvalue weighted by molar-refractivity contribution is 0.564. The number of hydrogen-bond donors (Lipinski definition) is 0. The molecule has 0 amide bonds. The monoisotopic (exact) mass is 254 g/mol. The minimum atomic E-state index is -0.442. The fourth-order valence-electron chi connectivity index (χ4n) is 2.22. The van der Waals surface area contributed by atoms with Crippen LogP contribution in [0.4, 0.5) is 4.39 Å². The quantitative estimate of drug-likeness (QED) is 0.659. The Morgan fingerprint density at radius 3 is 2.53 bits per heavy atom. The number of halogens is 1. The molecule has 0 saturated heterocycles. The van der Waals surface area contributed by atoms with Crippen molar-refractivity contribution < 1.29 is 8.81 Å². The Labute approximate surface area is 109 Å². The molecule has 0 aliphatic carbocycles. The van der Waals surface area contributed by atoms with E-state index in [-0.39, 0.29) is 10.8 Å². The van der Waals surface area contributed by atoms with Gasteiger partial charge in [0.15, 0.2) is 0 Å². The van der Waals surface area contributed by atoms with E-state index in [2.05, 4.69) is 0 Å². The molecule has 3 rings (SSSR count). The Morgan fingerprint density at radius 2 is 1.79 bits per heavy atom. The van der Waals surface area contributed by atoms with Crippen LogP contribution in [-0.4, -0.2) is 0 Å². The van der Waals surface area contributed by atoms with Gasteiger partial charge in [0.1, 0.15) is 17.2 Å². The van der Waals surface area contributed by atoms with Crippen molar-refractivity contribution in [1.82, 2.24) is 0 Å². The molecule has 0 unspecified atom stereocenters. The zero-order valence-electron chi connectivity index (χ0n) is 10.3. The number of benzene rings is 2. The molecule has 19 heavy (non-hydrogen) atoms. The van der Waals surface area contributed by atoms with Crippen LogP contribution >= 0.6 is 0 Å². The zero-order valence-corrected chi connectivity index (χ0v) is 10.3. The van der Waals surface area contributed by atoms with Crippen molar-refractivity contribution in [3.05, 3.63) is 70.3 Å². The molecule has 0 N–H and O–H groups in total. The average molecular weight is 254 g/mol. The van der Waals surface area contributed by atoms with E-state index in [1.807, 2.05) is 30.3 Å². The summed E-state index contributed by atoms with van der Waals surface area (Å²) >= 11 is 0. The maximum absolute atomic E-state index is 13.3. The molecule has 0 fully saturated rings. The number of fused-ring (bicyclic) bond motifs is 1. The van der Waals surface area contributed by atoms with Crippen LogP contribution in [0, 0.1) is 12.7 Å². The Balaban J connectivity index is 2.41. The highest BCUT2D eigenvalue weighted by atomic mass is 19.1. The van der Waals surface area contributed by atoms with E-state index in [0.717, 1.165) is 5.56 Å². The van der Waals surface area contributed by atoms with Crippen LogP contribution in [0.15, 0.2) is 57.7 Å². The number of rotatable bonds is 1. The summed E-state index contributed by atoms with van der Waals surface area (Å²) in [6.45, 7) is 1.74. The molecule has 1 aromatic heterocycles. The summed E-state index contributed by atoms with van der Waals surface area (Å²) < 4.78 is 18.9. The Hall–Kier alpha value is -2.42. The average Bonchev–Trinajstić information content (AvgIpc) is 2.41. The largest absolute Gasteiger partial charge is 0.460 e. The maximum atomic E-state index is 13.3. The molecule has 3 aromatic rings. The molecular formula is C16H11FO2. The third-order valence-corrected chi connectivity index (χ3v) is 3.09. The third-order valence-electron chi connectivity index (χ3n) is 3.09. The van der Waals surface area contributed by atoms with Crippen molar-refractivity contribution in [1.29, 1.82) is 0 Å². The van der Waals surface area contributed by atoms with Crippen molar-refractivity contribution >= 4 is 11.0 Å². The Kier molecular flexibility index (Phi) is 2.67. The molecule has 94 valence electrons. The highest BCUT2D eigenvalue weighted by molar-refractivity contribution is 5.82. The lowest BCUT2D eigenvalue weighted by Gasteiger charge is -2.06. The van der Waals surface area contributed by atoms with Gasteiger partial charge in [-0.3, -0.25) is 4.79 Å². The van der Waals surface area contributed by atoms with Gasteiger partial charge in [-0.2, -0.15) is 0 Å². The summed E-state index contributed by atoms with van der Waals surface area (Å²) in [5, 5.41) is 0.268. The summed E-state index contributed by atoms with van der Waals surface area (Å²) in [4.78, 5) is 12.5. The summed E-state index contributed by atoms with van der Waals surface area (Å²) in [5.41, 5.74) is 1.46. The van der Waals surface area contributed by atoms with E-state index in [1.54, 1.807) is 6.92 Å². The first-order valence-electron chi connectivity index (χ1n) is 5.95. The van der Waals surface area contributed by atoms with Gasteiger partial charge in [0.05, 0.1) is 10.9 Å². The lowest BCUT2D eigenvalue weighted by atomic mass is 10.0. The smallest absolute Gasteiger partial charge is 0.200 e. The van der Waals surface area contributed by atoms with E-state index >= 15 is 0 Å². The van der Waals surface area contributed by atoms with Gasteiger partial charge in [-0.15, -0.1) is 0 Å². The molecular weight excluding hydrogens is 243 g/mol. The normalized spacial score (nSPS) is 10.8. The minimum Gasteiger partial charge on any atom is -0.460 e. The van der Waals surface area contributed by atoms with Crippen LogP contribution in [0.3, 0.4) is 0 Å². The van der Waals surface area contributed by atoms with Crippen LogP contribution in [0.5, 0.6) is 0 Å². The second-order valence-corrected chi connectivity index (χ2v) is 4.37. The Morgan fingerprint density at radius 1 is 1.05 bits per heavy atom. The van der Waals surface area contributed by atoms with Crippen molar-refractivity contribution in [2.45, 2.75) is 6.92 Å². The SMILES string of the molecule is Cc1oc2ccc(F)cc2c(=O)c1-c1ccccc1. The Bertz CT molecular complexity index is 804. The predicted octanol–water partition coefficient (Wildman–Crippen LogP) is 3.91. The van der Waals surface area contributed by atoms with Crippen LogP contribution < -0.4 is 5.43 Å². The summed E-state index contributed by atoms with van der Waals surface area (Å²) in [6.07, 6.45) is 0. The molecule has 3 heteroatoms. The van der Waals surface area contributed by atoms with Gasteiger partial charge in [0.25, 0.3) is 0 Å². The van der Waals surface area contributed by atoms with Crippen molar-refractivity contribution in [3.8, 4) is 11.1 Å². The first-order chi connectivity index (χ1) is 9.16. The standard InChI is InChI=1S/C16H11FO2/c1-10-15(11-5-3-2-4-6-11)16(18)13-9-12(17)7-8-14(13)19-10/h2-9H,1H3. The first-order valence-corrected chi connectivity index (χ1v) is 5.95. The van der Waals surface area contributed by atoms with Gasteiger partial charge >= 0.3 is 0 Å². The summed E-state index contributed by atoms with van der Waals surface area (Å²) in [5.74, 6) is 0.0953. The van der Waals surface area contributed by atoms with Crippen LogP contribution in [0.2, 0.25) is 0 Å². The van der Waals surface area contributed by atoms with E-state index in [1.165, 1.54) is 18.2 Å². The van der Waals surface area contributed by atoms with Gasteiger partial charge < -0.3 is 4.42 Å². The first kappa shape index (κ1) is 11.7. The summed E-state index contributed by atoms with van der Waals surface area (Å²) in [6, 6.07) is 13.2. The van der Waals surface area contributed by atoms with Gasteiger partial charge in [0.2, 0.25) is 5.43 Å². The van der Waals surface area contributed by atoms with Gasteiger partial charge in [-0.25, -0.2) is 4.39 Å². The zero-order chi connectivity index (χ0) is 13.4. The molecule has 2 aromatic carbocycles. The van der Waals surface area contributed by atoms with E-state index in [4.69, 9.17) is 4.42 Å². The fraction of sp³-hybridized carbons (Fsp3) is 0.0625.